The van der Waals surface area contributed by atoms with Gasteiger partial charge in [-0.15, -0.1) is 0 Å². The number of hydrazine groups is 1. The molecule has 1 rings (SSSR count). The summed E-state index contributed by atoms with van der Waals surface area (Å²) in [5.74, 6) is -0.285. The third-order valence-electron chi connectivity index (χ3n) is 1.95. The lowest BCUT2D eigenvalue weighted by atomic mass is 10.1. The Kier molecular flexibility index (Phi) is 4.05. The molecule has 0 fully saturated rings. The van der Waals surface area contributed by atoms with Crippen LogP contribution in [-0.2, 0) is 4.74 Å². The number of hydrogen-bond acceptors (Lipinski definition) is 3. The number of benzene rings is 1. The second-order valence-corrected chi connectivity index (χ2v) is 3.03. The lowest BCUT2D eigenvalue weighted by Crippen LogP contribution is -2.38. The number of nitrogens with one attached hydrogen (secondary N) is 2. The number of amides is 1. The molecule has 0 bridgehead atoms. The SMILES string of the molecule is COC(=O)NN[C@H](C)c1ccc(F)cc1. The summed E-state index contributed by atoms with van der Waals surface area (Å²) in [7, 11) is 1.28. The first kappa shape index (κ1) is 11.5. The predicted molar refractivity (Wildman–Crippen MR) is 53.5 cm³/mol. The van der Waals surface area contributed by atoms with Crippen molar-refractivity contribution in [1.29, 1.82) is 0 Å². The van der Waals surface area contributed by atoms with Crippen LogP contribution in [0.4, 0.5) is 9.18 Å². The molecule has 0 radical (unpaired) electrons. The minimum Gasteiger partial charge on any atom is -0.452 e. The Hall–Kier alpha value is -1.62. The Morgan fingerprint density at radius 2 is 2.00 bits per heavy atom. The zero-order chi connectivity index (χ0) is 11.3. The van der Waals surface area contributed by atoms with Crippen molar-refractivity contribution in [3.05, 3.63) is 35.6 Å². The molecule has 0 aromatic heterocycles. The van der Waals surface area contributed by atoms with Crippen molar-refractivity contribution < 1.29 is 13.9 Å². The van der Waals surface area contributed by atoms with Gasteiger partial charge in [-0.3, -0.25) is 5.43 Å². The summed E-state index contributed by atoms with van der Waals surface area (Å²) in [5.41, 5.74) is 5.93. The van der Waals surface area contributed by atoms with E-state index in [1.807, 2.05) is 6.92 Å². The fraction of sp³-hybridized carbons (Fsp3) is 0.300. The highest BCUT2D eigenvalue weighted by molar-refractivity contribution is 5.66. The van der Waals surface area contributed by atoms with E-state index in [2.05, 4.69) is 15.6 Å². The molecule has 5 heteroatoms. The number of methoxy groups -OCH3 is 1. The van der Waals surface area contributed by atoms with Gasteiger partial charge < -0.3 is 4.74 Å². The number of carbonyl (C=O) groups excluding carboxylic acids is 1. The summed E-state index contributed by atoms with van der Waals surface area (Å²) in [5, 5.41) is 0. The minimum absolute atomic E-state index is 0.121. The van der Waals surface area contributed by atoms with E-state index in [0.717, 1.165) is 5.56 Å². The quantitative estimate of drug-likeness (QED) is 0.750. The number of halogens is 1. The van der Waals surface area contributed by atoms with Gasteiger partial charge in [-0.2, -0.15) is 0 Å². The smallest absolute Gasteiger partial charge is 0.421 e. The molecule has 1 atom stereocenters. The lowest BCUT2D eigenvalue weighted by Gasteiger charge is -2.14. The first-order valence-electron chi connectivity index (χ1n) is 4.48. The fourth-order valence-corrected chi connectivity index (χ4v) is 1.05. The van der Waals surface area contributed by atoms with Crippen LogP contribution in [0.3, 0.4) is 0 Å². The molecule has 1 aromatic rings. The summed E-state index contributed by atoms with van der Waals surface area (Å²) in [4.78, 5) is 10.7. The molecule has 0 unspecified atom stereocenters. The standard InChI is InChI=1S/C10H13FN2O2/c1-7(12-13-10(14)15-2)8-3-5-9(11)6-4-8/h3-7,12H,1-2H3,(H,13,14)/t7-/m1/s1. The largest absolute Gasteiger partial charge is 0.452 e. The second-order valence-electron chi connectivity index (χ2n) is 3.03. The number of hydrogen-bond donors (Lipinski definition) is 2. The molecule has 4 nitrogen and oxygen atoms in total. The molecular weight excluding hydrogens is 199 g/mol. The van der Waals surface area contributed by atoms with Gasteiger partial charge >= 0.3 is 6.09 Å². The van der Waals surface area contributed by atoms with E-state index in [-0.39, 0.29) is 11.9 Å². The second kappa shape index (κ2) is 5.31. The normalized spacial score (nSPS) is 11.9. The minimum atomic E-state index is -0.566. The van der Waals surface area contributed by atoms with Crippen molar-refractivity contribution in [2.24, 2.45) is 0 Å². The van der Waals surface area contributed by atoms with Crippen LogP contribution in [0.25, 0.3) is 0 Å². The van der Waals surface area contributed by atoms with Gasteiger partial charge in [-0.1, -0.05) is 12.1 Å². The van der Waals surface area contributed by atoms with Crippen molar-refractivity contribution in [3.63, 3.8) is 0 Å². The molecule has 82 valence electrons. The lowest BCUT2D eigenvalue weighted by molar-refractivity contribution is 0.163. The van der Waals surface area contributed by atoms with E-state index >= 15 is 0 Å². The van der Waals surface area contributed by atoms with Gasteiger partial charge in [0, 0.05) is 6.04 Å². The average Bonchev–Trinajstić information content (AvgIpc) is 2.26. The number of ether oxygens (including phenoxy) is 1. The van der Waals surface area contributed by atoms with Crippen molar-refractivity contribution >= 4 is 6.09 Å². The maximum atomic E-state index is 12.6. The Balaban J connectivity index is 2.50. The Morgan fingerprint density at radius 1 is 1.40 bits per heavy atom. The van der Waals surface area contributed by atoms with Crippen molar-refractivity contribution in [2.75, 3.05) is 7.11 Å². The van der Waals surface area contributed by atoms with Gasteiger partial charge in [0.25, 0.3) is 0 Å². The van der Waals surface area contributed by atoms with E-state index in [1.54, 1.807) is 12.1 Å². The van der Waals surface area contributed by atoms with Gasteiger partial charge in [0.05, 0.1) is 7.11 Å². The predicted octanol–water partition coefficient (Wildman–Crippen LogP) is 1.75. The summed E-state index contributed by atoms with van der Waals surface area (Å²) in [6.45, 7) is 1.84. The van der Waals surface area contributed by atoms with Crippen LogP contribution < -0.4 is 10.9 Å². The Labute approximate surface area is 87.4 Å². The fourth-order valence-electron chi connectivity index (χ4n) is 1.05. The van der Waals surface area contributed by atoms with Gasteiger partial charge in [0.1, 0.15) is 5.82 Å². The molecule has 2 N–H and O–H groups in total. The Bertz CT molecular complexity index is 327. The van der Waals surface area contributed by atoms with Crippen LogP contribution in [-0.4, -0.2) is 13.2 Å². The highest BCUT2D eigenvalue weighted by Crippen LogP contribution is 2.11. The summed E-state index contributed by atoms with van der Waals surface area (Å²) >= 11 is 0. The van der Waals surface area contributed by atoms with E-state index < -0.39 is 6.09 Å². The van der Waals surface area contributed by atoms with Crippen LogP contribution in [0, 0.1) is 5.82 Å². The highest BCUT2D eigenvalue weighted by atomic mass is 19.1. The van der Waals surface area contributed by atoms with Gasteiger partial charge in [0.2, 0.25) is 0 Å². The monoisotopic (exact) mass is 212 g/mol. The van der Waals surface area contributed by atoms with E-state index in [1.165, 1.54) is 19.2 Å². The van der Waals surface area contributed by atoms with Crippen LogP contribution in [0.2, 0.25) is 0 Å². The summed E-state index contributed by atoms with van der Waals surface area (Å²) in [6.07, 6.45) is -0.566. The highest BCUT2D eigenvalue weighted by Gasteiger charge is 2.06. The molecule has 0 aliphatic rings. The molecule has 0 aliphatic heterocycles. The first-order chi connectivity index (χ1) is 7.13. The average molecular weight is 212 g/mol. The zero-order valence-electron chi connectivity index (χ0n) is 8.58. The molecule has 0 saturated heterocycles. The topological polar surface area (TPSA) is 50.4 Å². The van der Waals surface area contributed by atoms with Gasteiger partial charge in [-0.05, 0) is 24.6 Å². The van der Waals surface area contributed by atoms with E-state index in [0.29, 0.717) is 0 Å². The van der Waals surface area contributed by atoms with Crippen LogP contribution in [0.1, 0.15) is 18.5 Å². The van der Waals surface area contributed by atoms with E-state index in [9.17, 15) is 9.18 Å². The van der Waals surface area contributed by atoms with Crippen LogP contribution in [0.15, 0.2) is 24.3 Å². The molecule has 0 spiro atoms. The third-order valence-corrected chi connectivity index (χ3v) is 1.95. The molecular formula is C10H13FN2O2. The molecule has 0 saturated carbocycles. The van der Waals surface area contributed by atoms with Gasteiger partial charge in [-0.25, -0.2) is 14.6 Å². The number of rotatable bonds is 3. The summed E-state index contributed by atoms with van der Waals surface area (Å²) in [6, 6.07) is 5.90. The third kappa shape index (κ3) is 3.55. The summed E-state index contributed by atoms with van der Waals surface area (Å²) < 4.78 is 17.0. The van der Waals surface area contributed by atoms with Crippen molar-refractivity contribution in [3.8, 4) is 0 Å². The molecule has 15 heavy (non-hydrogen) atoms. The molecule has 0 aliphatic carbocycles. The maximum absolute atomic E-state index is 12.6. The first-order valence-corrected chi connectivity index (χ1v) is 4.48. The number of carbonyl (C=O) groups is 1. The zero-order valence-corrected chi connectivity index (χ0v) is 8.58. The van der Waals surface area contributed by atoms with Crippen molar-refractivity contribution in [1.82, 2.24) is 10.9 Å². The maximum Gasteiger partial charge on any atom is 0.421 e. The molecule has 1 amide bonds. The van der Waals surface area contributed by atoms with E-state index in [4.69, 9.17) is 0 Å². The van der Waals surface area contributed by atoms with Crippen LogP contribution >= 0.6 is 0 Å². The van der Waals surface area contributed by atoms with Crippen molar-refractivity contribution in [2.45, 2.75) is 13.0 Å². The van der Waals surface area contributed by atoms with Crippen LogP contribution in [0.5, 0.6) is 0 Å². The van der Waals surface area contributed by atoms with Gasteiger partial charge in [0.15, 0.2) is 0 Å². The molecule has 1 aromatic carbocycles. The Morgan fingerprint density at radius 3 is 2.53 bits per heavy atom. The molecule has 0 heterocycles.